The van der Waals surface area contributed by atoms with E-state index in [2.05, 4.69) is 53.4 Å². The fourth-order valence-electron chi connectivity index (χ4n) is 2.86. The fraction of sp³-hybridized carbons (Fsp3) is 0.333. The van der Waals surface area contributed by atoms with Gasteiger partial charge in [0.15, 0.2) is 0 Å². The number of amides is 1. The average Bonchev–Trinajstić information content (AvgIpc) is 3.09. The lowest BCUT2D eigenvalue weighted by Gasteiger charge is -2.15. The molecule has 0 fully saturated rings. The van der Waals surface area contributed by atoms with Gasteiger partial charge in [-0.3, -0.25) is 4.79 Å². The molecule has 0 bridgehead atoms. The minimum absolute atomic E-state index is 0.0820. The highest BCUT2D eigenvalue weighted by Crippen LogP contribution is 2.27. The second-order valence-corrected chi connectivity index (χ2v) is 7.91. The van der Waals surface area contributed by atoms with Crippen LogP contribution in [-0.4, -0.2) is 27.7 Å². The molecule has 0 saturated heterocycles. The SMILES string of the molecule is C[C@H](CCc1ccccc1)NC(=O)CS[C@@H](C)c1nc2ccccc2[nH]1. The Balaban J connectivity index is 1.42. The van der Waals surface area contributed by atoms with E-state index >= 15 is 0 Å². The van der Waals surface area contributed by atoms with E-state index in [1.54, 1.807) is 11.8 Å². The Kier molecular flexibility index (Phi) is 6.34. The van der Waals surface area contributed by atoms with E-state index in [1.807, 2.05) is 30.3 Å². The molecule has 1 amide bonds. The van der Waals surface area contributed by atoms with Crippen LogP contribution in [0.2, 0.25) is 0 Å². The van der Waals surface area contributed by atoms with Crippen LogP contribution in [-0.2, 0) is 11.2 Å². The van der Waals surface area contributed by atoms with E-state index in [-0.39, 0.29) is 17.2 Å². The Bertz CT molecular complexity index is 814. The van der Waals surface area contributed by atoms with Gasteiger partial charge in [-0.1, -0.05) is 42.5 Å². The number of benzene rings is 2. The van der Waals surface area contributed by atoms with E-state index in [1.165, 1.54) is 5.56 Å². The van der Waals surface area contributed by atoms with Crippen molar-refractivity contribution in [1.29, 1.82) is 0 Å². The van der Waals surface area contributed by atoms with Crippen molar-refractivity contribution in [2.24, 2.45) is 0 Å². The number of H-pyrrole nitrogens is 1. The van der Waals surface area contributed by atoms with Crippen molar-refractivity contribution in [3.8, 4) is 0 Å². The summed E-state index contributed by atoms with van der Waals surface area (Å²) >= 11 is 1.60. The van der Waals surface area contributed by atoms with E-state index in [0.717, 1.165) is 29.7 Å². The number of fused-ring (bicyclic) bond motifs is 1. The third kappa shape index (κ3) is 5.11. The van der Waals surface area contributed by atoms with Crippen molar-refractivity contribution >= 4 is 28.7 Å². The molecule has 1 aromatic heterocycles. The standard InChI is InChI=1S/C21H25N3OS/c1-15(12-13-17-8-4-3-5-9-17)22-20(25)14-26-16(2)21-23-18-10-6-7-11-19(18)24-21/h3-11,15-16H,12-14H2,1-2H3,(H,22,25)(H,23,24)/t15-,16+/m1/s1. The number of rotatable bonds is 8. The lowest BCUT2D eigenvalue weighted by Crippen LogP contribution is -2.34. The van der Waals surface area contributed by atoms with Crippen LogP contribution in [0.1, 0.15) is 36.9 Å². The van der Waals surface area contributed by atoms with Gasteiger partial charge in [0.25, 0.3) is 0 Å². The Labute approximate surface area is 158 Å². The Morgan fingerprint density at radius 1 is 1.12 bits per heavy atom. The lowest BCUT2D eigenvalue weighted by molar-refractivity contribution is -0.119. The molecule has 0 aliphatic rings. The highest BCUT2D eigenvalue weighted by Gasteiger charge is 2.14. The number of nitrogens with one attached hydrogen (secondary N) is 2. The molecule has 2 N–H and O–H groups in total. The molecule has 3 rings (SSSR count). The van der Waals surface area contributed by atoms with Crippen molar-refractivity contribution < 1.29 is 4.79 Å². The summed E-state index contributed by atoms with van der Waals surface area (Å²) in [5.74, 6) is 1.44. The molecule has 5 heteroatoms. The van der Waals surface area contributed by atoms with E-state index in [0.29, 0.717) is 5.75 Å². The van der Waals surface area contributed by atoms with Crippen LogP contribution in [0.25, 0.3) is 11.0 Å². The van der Waals surface area contributed by atoms with Crippen LogP contribution in [0.5, 0.6) is 0 Å². The second-order valence-electron chi connectivity index (χ2n) is 6.59. The first kappa shape index (κ1) is 18.5. The first-order chi connectivity index (χ1) is 12.6. The predicted molar refractivity (Wildman–Crippen MR) is 109 cm³/mol. The Morgan fingerprint density at radius 2 is 1.85 bits per heavy atom. The van der Waals surface area contributed by atoms with Gasteiger partial charge in [0.05, 0.1) is 22.0 Å². The zero-order valence-electron chi connectivity index (χ0n) is 15.2. The van der Waals surface area contributed by atoms with Crippen LogP contribution in [0.15, 0.2) is 54.6 Å². The van der Waals surface area contributed by atoms with Gasteiger partial charge in [0.2, 0.25) is 5.91 Å². The quantitative estimate of drug-likeness (QED) is 0.616. The summed E-state index contributed by atoms with van der Waals surface area (Å²) < 4.78 is 0. The molecule has 0 radical (unpaired) electrons. The maximum absolute atomic E-state index is 12.2. The molecular weight excluding hydrogens is 342 g/mol. The molecule has 0 saturated carbocycles. The smallest absolute Gasteiger partial charge is 0.230 e. The monoisotopic (exact) mass is 367 g/mol. The predicted octanol–water partition coefficient (Wildman–Crippen LogP) is 4.49. The molecule has 2 aromatic carbocycles. The first-order valence-electron chi connectivity index (χ1n) is 9.01. The molecule has 0 unspecified atom stereocenters. The number of aromatic amines is 1. The molecule has 0 spiro atoms. The van der Waals surface area contributed by atoms with Gasteiger partial charge in [-0.25, -0.2) is 4.98 Å². The summed E-state index contributed by atoms with van der Waals surface area (Å²) in [6.07, 6.45) is 1.92. The lowest BCUT2D eigenvalue weighted by atomic mass is 10.1. The zero-order valence-corrected chi connectivity index (χ0v) is 16.1. The normalized spacial score (nSPS) is 13.5. The Morgan fingerprint density at radius 3 is 2.62 bits per heavy atom. The number of imidazole rings is 1. The molecule has 2 atom stereocenters. The largest absolute Gasteiger partial charge is 0.353 e. The van der Waals surface area contributed by atoms with Gasteiger partial charge < -0.3 is 10.3 Å². The molecule has 0 aliphatic carbocycles. The summed E-state index contributed by atoms with van der Waals surface area (Å²) in [6, 6.07) is 18.5. The van der Waals surface area contributed by atoms with Crippen molar-refractivity contribution in [2.75, 3.05) is 5.75 Å². The van der Waals surface area contributed by atoms with Gasteiger partial charge in [0.1, 0.15) is 5.82 Å². The van der Waals surface area contributed by atoms with Gasteiger partial charge in [-0.05, 0) is 44.4 Å². The number of thioether (sulfide) groups is 1. The van der Waals surface area contributed by atoms with Gasteiger partial charge in [0, 0.05) is 6.04 Å². The molecule has 136 valence electrons. The summed E-state index contributed by atoms with van der Waals surface area (Å²) in [4.78, 5) is 20.2. The summed E-state index contributed by atoms with van der Waals surface area (Å²) in [6.45, 7) is 4.14. The minimum atomic E-state index is 0.0820. The topological polar surface area (TPSA) is 57.8 Å². The third-order valence-electron chi connectivity index (χ3n) is 4.37. The van der Waals surface area contributed by atoms with E-state index < -0.39 is 0 Å². The summed E-state index contributed by atoms with van der Waals surface area (Å²) in [7, 11) is 0. The number of nitrogens with zero attached hydrogens (tertiary/aromatic N) is 1. The maximum atomic E-state index is 12.2. The molecule has 1 heterocycles. The molecular formula is C21H25N3OS. The van der Waals surface area contributed by atoms with Crippen LogP contribution < -0.4 is 5.32 Å². The van der Waals surface area contributed by atoms with Crippen LogP contribution in [0.3, 0.4) is 0 Å². The number of para-hydroxylation sites is 2. The third-order valence-corrected chi connectivity index (χ3v) is 5.53. The Hall–Kier alpha value is -2.27. The van der Waals surface area contributed by atoms with Crippen LogP contribution in [0.4, 0.5) is 0 Å². The van der Waals surface area contributed by atoms with Crippen LogP contribution in [0, 0.1) is 0 Å². The molecule has 26 heavy (non-hydrogen) atoms. The fourth-order valence-corrected chi connectivity index (χ4v) is 3.62. The molecule has 3 aromatic rings. The number of carbonyl (C=O) groups excluding carboxylic acids is 1. The number of hydrogen-bond donors (Lipinski definition) is 2. The van der Waals surface area contributed by atoms with Crippen molar-refractivity contribution in [3.63, 3.8) is 0 Å². The van der Waals surface area contributed by atoms with Gasteiger partial charge in [-0.15, -0.1) is 11.8 Å². The van der Waals surface area contributed by atoms with Gasteiger partial charge >= 0.3 is 0 Å². The number of aryl methyl sites for hydroxylation is 1. The number of carbonyl (C=O) groups is 1. The van der Waals surface area contributed by atoms with Crippen LogP contribution >= 0.6 is 11.8 Å². The average molecular weight is 368 g/mol. The first-order valence-corrected chi connectivity index (χ1v) is 10.1. The number of hydrogen-bond acceptors (Lipinski definition) is 3. The number of aromatic nitrogens is 2. The zero-order chi connectivity index (χ0) is 18.4. The second kappa shape index (κ2) is 8.90. The maximum Gasteiger partial charge on any atom is 0.230 e. The van der Waals surface area contributed by atoms with Crippen molar-refractivity contribution in [1.82, 2.24) is 15.3 Å². The highest BCUT2D eigenvalue weighted by atomic mass is 32.2. The summed E-state index contributed by atoms with van der Waals surface area (Å²) in [5, 5.41) is 3.24. The summed E-state index contributed by atoms with van der Waals surface area (Å²) in [5.41, 5.74) is 3.31. The van der Waals surface area contributed by atoms with Crippen molar-refractivity contribution in [3.05, 3.63) is 66.0 Å². The van der Waals surface area contributed by atoms with Gasteiger partial charge in [-0.2, -0.15) is 0 Å². The van der Waals surface area contributed by atoms with E-state index in [9.17, 15) is 4.79 Å². The molecule has 0 aliphatic heterocycles. The molecule has 4 nitrogen and oxygen atoms in total. The highest BCUT2D eigenvalue weighted by molar-refractivity contribution is 8.00. The van der Waals surface area contributed by atoms with E-state index in [4.69, 9.17) is 0 Å². The van der Waals surface area contributed by atoms with Crippen molar-refractivity contribution in [2.45, 2.75) is 38.0 Å². The minimum Gasteiger partial charge on any atom is -0.353 e.